The number of carbonyl (C=O) groups is 1. The standard InChI is InChI=1S/C22H21IN2O3/c23-17-6-8-18(9-7-17)24-16-22(26)25-19-10-12-21(13-11-19)28-15-14-27-20-4-2-1-3-5-20/h1-13,24H,14-16H2,(H,25,26). The van der Waals surface area contributed by atoms with Gasteiger partial charge in [-0.25, -0.2) is 0 Å². The van der Waals surface area contributed by atoms with E-state index in [1.807, 2.05) is 78.9 Å². The summed E-state index contributed by atoms with van der Waals surface area (Å²) in [6, 6.07) is 24.8. The molecule has 0 saturated carbocycles. The molecule has 0 heterocycles. The van der Waals surface area contributed by atoms with Gasteiger partial charge in [-0.3, -0.25) is 4.79 Å². The van der Waals surface area contributed by atoms with E-state index in [-0.39, 0.29) is 12.5 Å². The van der Waals surface area contributed by atoms with Gasteiger partial charge in [-0.1, -0.05) is 18.2 Å². The highest BCUT2D eigenvalue weighted by atomic mass is 127. The van der Waals surface area contributed by atoms with Crippen molar-refractivity contribution in [1.29, 1.82) is 0 Å². The topological polar surface area (TPSA) is 59.6 Å². The van der Waals surface area contributed by atoms with Crippen LogP contribution in [-0.4, -0.2) is 25.7 Å². The fraction of sp³-hybridized carbons (Fsp3) is 0.136. The highest BCUT2D eigenvalue weighted by molar-refractivity contribution is 14.1. The summed E-state index contributed by atoms with van der Waals surface area (Å²) in [7, 11) is 0. The molecule has 28 heavy (non-hydrogen) atoms. The number of nitrogens with one attached hydrogen (secondary N) is 2. The first-order chi connectivity index (χ1) is 13.7. The summed E-state index contributed by atoms with van der Waals surface area (Å²) in [6.45, 7) is 1.11. The number of halogens is 1. The van der Waals surface area contributed by atoms with Crippen molar-refractivity contribution in [1.82, 2.24) is 0 Å². The lowest BCUT2D eigenvalue weighted by Gasteiger charge is -2.10. The Morgan fingerprint density at radius 2 is 1.32 bits per heavy atom. The molecule has 3 aromatic carbocycles. The number of ether oxygens (including phenoxy) is 2. The van der Waals surface area contributed by atoms with Crippen LogP contribution in [0.15, 0.2) is 78.9 Å². The molecule has 0 aliphatic heterocycles. The van der Waals surface area contributed by atoms with Crippen molar-refractivity contribution in [3.63, 3.8) is 0 Å². The molecule has 0 spiro atoms. The first-order valence-electron chi connectivity index (χ1n) is 8.89. The quantitative estimate of drug-likeness (QED) is 0.336. The van der Waals surface area contributed by atoms with E-state index in [2.05, 4.69) is 33.2 Å². The van der Waals surface area contributed by atoms with Gasteiger partial charge in [0.25, 0.3) is 0 Å². The van der Waals surface area contributed by atoms with Crippen LogP contribution in [0.4, 0.5) is 11.4 Å². The number of hydrogen-bond acceptors (Lipinski definition) is 4. The number of hydrogen-bond donors (Lipinski definition) is 2. The highest BCUT2D eigenvalue weighted by Gasteiger charge is 2.03. The highest BCUT2D eigenvalue weighted by Crippen LogP contribution is 2.16. The molecule has 0 radical (unpaired) electrons. The van der Waals surface area contributed by atoms with Gasteiger partial charge in [-0.15, -0.1) is 0 Å². The van der Waals surface area contributed by atoms with Crippen LogP contribution in [0.5, 0.6) is 11.5 Å². The summed E-state index contributed by atoms with van der Waals surface area (Å²) in [6.07, 6.45) is 0. The lowest BCUT2D eigenvalue weighted by Crippen LogP contribution is -2.21. The molecule has 2 N–H and O–H groups in total. The third kappa shape index (κ3) is 6.77. The van der Waals surface area contributed by atoms with Crippen LogP contribution in [-0.2, 0) is 4.79 Å². The lowest BCUT2D eigenvalue weighted by atomic mass is 10.3. The Morgan fingerprint density at radius 3 is 1.96 bits per heavy atom. The predicted octanol–water partition coefficient (Wildman–Crippen LogP) is 4.80. The minimum Gasteiger partial charge on any atom is -0.490 e. The monoisotopic (exact) mass is 488 g/mol. The molecule has 0 bridgehead atoms. The third-order valence-corrected chi connectivity index (χ3v) is 4.52. The molecular weight excluding hydrogens is 467 g/mol. The van der Waals surface area contributed by atoms with Crippen molar-refractivity contribution in [2.24, 2.45) is 0 Å². The van der Waals surface area contributed by atoms with Crippen LogP contribution in [0, 0.1) is 3.57 Å². The van der Waals surface area contributed by atoms with Crippen molar-refractivity contribution < 1.29 is 14.3 Å². The predicted molar refractivity (Wildman–Crippen MR) is 120 cm³/mol. The Bertz CT molecular complexity index is 869. The van der Waals surface area contributed by atoms with Crippen molar-refractivity contribution in [3.05, 3.63) is 82.4 Å². The van der Waals surface area contributed by atoms with Crippen molar-refractivity contribution in [2.75, 3.05) is 30.4 Å². The maximum atomic E-state index is 12.1. The molecule has 3 aromatic rings. The van der Waals surface area contributed by atoms with Crippen LogP contribution < -0.4 is 20.1 Å². The molecule has 0 unspecified atom stereocenters. The second-order valence-electron chi connectivity index (χ2n) is 5.94. The Labute approximate surface area is 178 Å². The average Bonchev–Trinajstić information content (AvgIpc) is 2.73. The maximum absolute atomic E-state index is 12.1. The molecule has 0 aliphatic carbocycles. The molecule has 0 atom stereocenters. The molecule has 0 fully saturated rings. The molecule has 3 rings (SSSR count). The van der Waals surface area contributed by atoms with E-state index in [1.165, 1.54) is 0 Å². The van der Waals surface area contributed by atoms with Crippen molar-refractivity contribution in [2.45, 2.75) is 0 Å². The number of benzene rings is 3. The Balaban J connectivity index is 1.37. The second kappa shape index (κ2) is 10.6. The Hall–Kier alpha value is -2.74. The van der Waals surface area contributed by atoms with Gasteiger partial charge in [0.1, 0.15) is 24.7 Å². The summed E-state index contributed by atoms with van der Waals surface area (Å²) < 4.78 is 12.4. The smallest absolute Gasteiger partial charge is 0.243 e. The summed E-state index contributed by atoms with van der Waals surface area (Å²) in [5.74, 6) is 1.44. The number of amides is 1. The van der Waals surface area contributed by atoms with E-state index in [4.69, 9.17) is 9.47 Å². The normalized spacial score (nSPS) is 10.2. The second-order valence-corrected chi connectivity index (χ2v) is 7.19. The van der Waals surface area contributed by atoms with E-state index < -0.39 is 0 Å². The molecular formula is C22H21IN2O3. The average molecular weight is 488 g/mol. The maximum Gasteiger partial charge on any atom is 0.243 e. The van der Waals surface area contributed by atoms with Crippen LogP contribution in [0.1, 0.15) is 0 Å². The summed E-state index contributed by atoms with van der Waals surface area (Å²) in [5.41, 5.74) is 1.64. The van der Waals surface area contributed by atoms with Gasteiger partial charge >= 0.3 is 0 Å². The van der Waals surface area contributed by atoms with Gasteiger partial charge in [0.15, 0.2) is 0 Å². The van der Waals surface area contributed by atoms with E-state index in [1.54, 1.807) is 0 Å². The van der Waals surface area contributed by atoms with Crippen LogP contribution in [0.3, 0.4) is 0 Å². The number of para-hydroxylation sites is 1. The summed E-state index contributed by atoms with van der Waals surface area (Å²) in [4.78, 5) is 12.1. The first kappa shape index (κ1) is 20.0. The van der Waals surface area contributed by atoms with Crippen LogP contribution >= 0.6 is 22.6 Å². The third-order valence-electron chi connectivity index (χ3n) is 3.80. The Morgan fingerprint density at radius 1 is 0.750 bits per heavy atom. The van der Waals surface area contributed by atoms with Gasteiger partial charge in [-0.05, 0) is 83.3 Å². The summed E-state index contributed by atoms with van der Waals surface area (Å²) >= 11 is 2.24. The van der Waals surface area contributed by atoms with Crippen LogP contribution in [0.2, 0.25) is 0 Å². The molecule has 1 amide bonds. The molecule has 0 saturated heterocycles. The fourth-order valence-electron chi connectivity index (χ4n) is 2.43. The van der Waals surface area contributed by atoms with Gasteiger partial charge < -0.3 is 20.1 Å². The SMILES string of the molecule is O=C(CNc1ccc(I)cc1)Nc1ccc(OCCOc2ccccc2)cc1. The first-order valence-corrected chi connectivity index (χ1v) is 9.97. The molecule has 0 aliphatic rings. The van der Waals surface area contributed by atoms with E-state index in [0.717, 1.165) is 26.4 Å². The lowest BCUT2D eigenvalue weighted by molar-refractivity contribution is -0.114. The zero-order chi connectivity index (χ0) is 19.6. The van der Waals surface area contributed by atoms with Gasteiger partial charge in [0, 0.05) is 14.9 Å². The minimum absolute atomic E-state index is 0.108. The van der Waals surface area contributed by atoms with E-state index >= 15 is 0 Å². The minimum atomic E-state index is -0.108. The number of rotatable bonds is 9. The molecule has 6 heteroatoms. The van der Waals surface area contributed by atoms with Crippen molar-refractivity contribution >= 4 is 39.9 Å². The molecule has 0 aromatic heterocycles. The summed E-state index contributed by atoms with van der Waals surface area (Å²) in [5, 5.41) is 5.95. The van der Waals surface area contributed by atoms with Gasteiger partial charge in [0.2, 0.25) is 5.91 Å². The zero-order valence-electron chi connectivity index (χ0n) is 15.2. The van der Waals surface area contributed by atoms with E-state index in [0.29, 0.717) is 13.2 Å². The molecule has 5 nitrogen and oxygen atoms in total. The fourth-order valence-corrected chi connectivity index (χ4v) is 2.79. The van der Waals surface area contributed by atoms with Gasteiger partial charge in [-0.2, -0.15) is 0 Å². The zero-order valence-corrected chi connectivity index (χ0v) is 17.4. The number of anilines is 2. The number of carbonyl (C=O) groups excluding carboxylic acids is 1. The van der Waals surface area contributed by atoms with E-state index in [9.17, 15) is 4.79 Å². The van der Waals surface area contributed by atoms with Crippen molar-refractivity contribution in [3.8, 4) is 11.5 Å². The van der Waals surface area contributed by atoms with Gasteiger partial charge in [0.05, 0.1) is 6.54 Å². The van der Waals surface area contributed by atoms with Crippen LogP contribution in [0.25, 0.3) is 0 Å². The largest absolute Gasteiger partial charge is 0.490 e. The Kier molecular flexibility index (Phi) is 7.54. The molecule has 144 valence electrons.